The van der Waals surface area contributed by atoms with Gasteiger partial charge in [-0.2, -0.15) is 0 Å². The first-order valence-electron chi connectivity index (χ1n) is 7.05. The second kappa shape index (κ2) is 7.09. The fraction of sp³-hybridized carbons (Fsp3) is 0.353. The number of aryl methyl sites for hydroxylation is 1. The Hall–Kier alpha value is -2.07. The number of benzene rings is 1. The summed E-state index contributed by atoms with van der Waals surface area (Å²) in [5.41, 5.74) is 2.50. The first kappa shape index (κ1) is 15.3. The van der Waals surface area contributed by atoms with Crippen molar-refractivity contribution in [2.24, 2.45) is 0 Å². The van der Waals surface area contributed by atoms with Gasteiger partial charge in [-0.15, -0.1) is 0 Å². The maximum Gasteiger partial charge on any atom is 0.236 e. The van der Waals surface area contributed by atoms with Crippen molar-refractivity contribution in [3.05, 3.63) is 59.5 Å². The van der Waals surface area contributed by atoms with Gasteiger partial charge >= 0.3 is 0 Å². The summed E-state index contributed by atoms with van der Waals surface area (Å²) in [5, 5.41) is 0. The summed E-state index contributed by atoms with van der Waals surface area (Å²) in [7, 11) is 3.76. The first-order chi connectivity index (χ1) is 10.1. The summed E-state index contributed by atoms with van der Waals surface area (Å²) in [6.45, 7) is 3.76. The van der Waals surface area contributed by atoms with E-state index >= 15 is 0 Å². The summed E-state index contributed by atoms with van der Waals surface area (Å²) < 4.78 is 5.26. The number of nitrogens with zero attached hydrogens (tertiary/aromatic N) is 2. The van der Waals surface area contributed by atoms with E-state index in [1.807, 2.05) is 36.2 Å². The van der Waals surface area contributed by atoms with E-state index in [1.54, 1.807) is 18.2 Å². The fourth-order valence-corrected chi connectivity index (χ4v) is 2.21. The largest absolute Gasteiger partial charge is 0.467 e. The number of carbonyl (C=O) groups is 1. The first-order valence-corrected chi connectivity index (χ1v) is 7.05. The molecule has 0 radical (unpaired) electrons. The van der Waals surface area contributed by atoms with Crippen LogP contribution in [0.1, 0.15) is 16.9 Å². The average molecular weight is 286 g/mol. The summed E-state index contributed by atoms with van der Waals surface area (Å²) in [6, 6.07) is 12.0. The molecule has 1 heterocycles. The van der Waals surface area contributed by atoms with Crippen LogP contribution >= 0.6 is 0 Å². The molecule has 0 aliphatic heterocycles. The molecule has 0 saturated carbocycles. The van der Waals surface area contributed by atoms with E-state index in [0.29, 0.717) is 13.1 Å². The standard InChI is InChI=1S/C17H22N2O2/c1-14-7-4-5-8-15(14)11-18(2)13-17(20)19(3)12-16-9-6-10-21-16/h4-10H,11-13H2,1-3H3. The second-order valence-corrected chi connectivity index (χ2v) is 5.43. The minimum atomic E-state index is 0.0856. The number of hydrogen-bond donors (Lipinski definition) is 0. The van der Waals surface area contributed by atoms with Crippen molar-refractivity contribution in [1.29, 1.82) is 0 Å². The molecular formula is C17H22N2O2. The van der Waals surface area contributed by atoms with Gasteiger partial charge in [-0.25, -0.2) is 0 Å². The molecule has 4 nitrogen and oxygen atoms in total. The number of rotatable bonds is 6. The molecule has 2 aromatic rings. The van der Waals surface area contributed by atoms with Gasteiger partial charge < -0.3 is 9.32 Å². The van der Waals surface area contributed by atoms with Crippen LogP contribution in [-0.4, -0.2) is 36.3 Å². The number of carbonyl (C=O) groups excluding carboxylic acids is 1. The van der Waals surface area contributed by atoms with Crippen LogP contribution in [0, 0.1) is 6.92 Å². The Morgan fingerprint density at radius 1 is 1.10 bits per heavy atom. The number of amides is 1. The van der Waals surface area contributed by atoms with Gasteiger partial charge in [0.1, 0.15) is 5.76 Å². The predicted molar refractivity (Wildman–Crippen MR) is 82.7 cm³/mol. The number of likely N-dealkylation sites (N-methyl/N-ethyl adjacent to an activating group) is 2. The molecular weight excluding hydrogens is 264 g/mol. The highest BCUT2D eigenvalue weighted by Gasteiger charge is 2.13. The second-order valence-electron chi connectivity index (χ2n) is 5.43. The Kier molecular flexibility index (Phi) is 5.17. The lowest BCUT2D eigenvalue weighted by molar-refractivity contribution is -0.131. The highest BCUT2D eigenvalue weighted by molar-refractivity contribution is 5.77. The summed E-state index contributed by atoms with van der Waals surface area (Å²) in [6.07, 6.45) is 1.62. The normalized spacial score (nSPS) is 10.9. The van der Waals surface area contributed by atoms with Crippen LogP contribution in [-0.2, 0) is 17.9 Å². The van der Waals surface area contributed by atoms with Crippen LogP contribution < -0.4 is 0 Å². The molecule has 0 aliphatic carbocycles. The zero-order valence-corrected chi connectivity index (χ0v) is 12.9. The molecule has 4 heteroatoms. The third kappa shape index (κ3) is 4.46. The van der Waals surface area contributed by atoms with E-state index < -0.39 is 0 Å². The smallest absolute Gasteiger partial charge is 0.236 e. The molecule has 112 valence electrons. The van der Waals surface area contributed by atoms with E-state index in [9.17, 15) is 4.79 Å². The lowest BCUT2D eigenvalue weighted by Crippen LogP contribution is -2.36. The Balaban J connectivity index is 1.85. The average Bonchev–Trinajstić information content (AvgIpc) is 2.94. The van der Waals surface area contributed by atoms with Crippen molar-refractivity contribution in [2.75, 3.05) is 20.6 Å². The van der Waals surface area contributed by atoms with Gasteiger partial charge in [-0.3, -0.25) is 9.69 Å². The van der Waals surface area contributed by atoms with Crippen LogP contribution in [0.25, 0.3) is 0 Å². The number of hydrogen-bond acceptors (Lipinski definition) is 3. The number of furan rings is 1. The molecule has 0 fully saturated rings. The Morgan fingerprint density at radius 2 is 1.86 bits per heavy atom. The van der Waals surface area contributed by atoms with Gasteiger partial charge in [-0.1, -0.05) is 24.3 Å². The maximum absolute atomic E-state index is 12.2. The molecule has 0 spiro atoms. The van der Waals surface area contributed by atoms with Gasteiger partial charge in [0, 0.05) is 13.6 Å². The zero-order valence-electron chi connectivity index (χ0n) is 12.9. The van der Waals surface area contributed by atoms with E-state index in [-0.39, 0.29) is 5.91 Å². The lowest BCUT2D eigenvalue weighted by atomic mass is 10.1. The van der Waals surface area contributed by atoms with Crippen molar-refractivity contribution in [1.82, 2.24) is 9.80 Å². The van der Waals surface area contributed by atoms with Gasteiger partial charge in [0.05, 0.1) is 19.4 Å². The Morgan fingerprint density at radius 3 is 2.52 bits per heavy atom. The van der Waals surface area contributed by atoms with E-state index in [2.05, 4.69) is 19.1 Å². The van der Waals surface area contributed by atoms with Gasteiger partial charge in [0.25, 0.3) is 0 Å². The van der Waals surface area contributed by atoms with Crippen molar-refractivity contribution in [3.63, 3.8) is 0 Å². The molecule has 0 unspecified atom stereocenters. The quantitative estimate of drug-likeness (QED) is 0.819. The summed E-state index contributed by atoms with van der Waals surface area (Å²) >= 11 is 0. The van der Waals surface area contributed by atoms with Crippen LogP contribution in [0.15, 0.2) is 47.1 Å². The molecule has 0 aliphatic rings. The van der Waals surface area contributed by atoms with Crippen molar-refractivity contribution < 1.29 is 9.21 Å². The maximum atomic E-state index is 12.2. The minimum absolute atomic E-state index is 0.0856. The molecule has 2 rings (SSSR count). The van der Waals surface area contributed by atoms with E-state index in [1.165, 1.54) is 11.1 Å². The monoisotopic (exact) mass is 286 g/mol. The third-order valence-electron chi connectivity index (χ3n) is 3.51. The molecule has 0 saturated heterocycles. The Labute approximate surface area is 126 Å². The van der Waals surface area contributed by atoms with Gasteiger partial charge in [0.2, 0.25) is 5.91 Å². The van der Waals surface area contributed by atoms with Gasteiger partial charge in [0.15, 0.2) is 0 Å². The van der Waals surface area contributed by atoms with E-state index in [4.69, 9.17) is 4.42 Å². The summed E-state index contributed by atoms with van der Waals surface area (Å²) in [4.78, 5) is 15.9. The molecule has 1 aromatic heterocycles. The predicted octanol–water partition coefficient (Wildman–Crippen LogP) is 2.68. The minimum Gasteiger partial charge on any atom is -0.467 e. The highest BCUT2D eigenvalue weighted by Crippen LogP contribution is 2.10. The zero-order chi connectivity index (χ0) is 15.2. The molecule has 21 heavy (non-hydrogen) atoms. The lowest BCUT2D eigenvalue weighted by Gasteiger charge is -2.21. The summed E-state index contributed by atoms with van der Waals surface area (Å²) in [5.74, 6) is 0.884. The van der Waals surface area contributed by atoms with Crippen LogP contribution in [0.4, 0.5) is 0 Å². The van der Waals surface area contributed by atoms with Crippen LogP contribution in [0.5, 0.6) is 0 Å². The van der Waals surface area contributed by atoms with Gasteiger partial charge in [-0.05, 0) is 37.2 Å². The van der Waals surface area contributed by atoms with Crippen molar-refractivity contribution in [2.45, 2.75) is 20.0 Å². The Bertz CT molecular complexity index is 578. The van der Waals surface area contributed by atoms with Crippen molar-refractivity contribution in [3.8, 4) is 0 Å². The highest BCUT2D eigenvalue weighted by atomic mass is 16.3. The fourth-order valence-electron chi connectivity index (χ4n) is 2.21. The molecule has 1 amide bonds. The van der Waals surface area contributed by atoms with Crippen LogP contribution in [0.3, 0.4) is 0 Å². The van der Waals surface area contributed by atoms with Crippen LogP contribution in [0.2, 0.25) is 0 Å². The van der Waals surface area contributed by atoms with E-state index in [0.717, 1.165) is 12.3 Å². The topological polar surface area (TPSA) is 36.7 Å². The molecule has 0 atom stereocenters. The molecule has 0 N–H and O–H groups in total. The molecule has 0 bridgehead atoms. The molecule has 1 aromatic carbocycles. The SMILES string of the molecule is Cc1ccccc1CN(C)CC(=O)N(C)Cc1ccco1. The van der Waals surface area contributed by atoms with Crippen molar-refractivity contribution >= 4 is 5.91 Å². The third-order valence-corrected chi connectivity index (χ3v) is 3.51.